The zero-order chi connectivity index (χ0) is 14.9. The van der Waals surface area contributed by atoms with Gasteiger partial charge in [0, 0.05) is 46.3 Å². The fourth-order valence-electron chi connectivity index (χ4n) is 4.38. The molecule has 0 aromatic carbocycles. The fraction of sp³-hybridized carbons (Fsp3) is 1.00. The summed E-state index contributed by atoms with van der Waals surface area (Å²) in [5.41, 5.74) is 0. The number of piperazine rings is 1. The topological polar surface area (TPSA) is 52.7 Å². The Balaban J connectivity index is 1.47. The second-order valence-electron chi connectivity index (χ2n) is 7.12. The van der Waals surface area contributed by atoms with E-state index in [0.717, 1.165) is 44.6 Å². The first-order chi connectivity index (χ1) is 10.0. The van der Waals surface area contributed by atoms with Gasteiger partial charge in [-0.1, -0.05) is 6.42 Å². The van der Waals surface area contributed by atoms with E-state index >= 15 is 0 Å². The standard InChI is InChI=1S/C15H29N3O2S/c1-17(12-15-11-13-2-3-14(15)10-13)21(19,20)9-8-18-6-4-16-5-7-18/h13-16H,2-12H2,1H3. The molecular formula is C15H29N3O2S. The van der Waals surface area contributed by atoms with E-state index in [1.165, 1.54) is 25.7 Å². The predicted octanol–water partition coefficient (Wildman–Crippen LogP) is 0.589. The van der Waals surface area contributed by atoms with Crippen LogP contribution in [0.25, 0.3) is 0 Å². The zero-order valence-corrected chi connectivity index (χ0v) is 13.9. The molecule has 0 aromatic rings. The van der Waals surface area contributed by atoms with Crippen molar-refractivity contribution in [2.24, 2.45) is 17.8 Å². The summed E-state index contributed by atoms with van der Waals surface area (Å²) in [6.45, 7) is 5.29. The van der Waals surface area contributed by atoms with Gasteiger partial charge in [0.2, 0.25) is 10.0 Å². The van der Waals surface area contributed by atoms with Gasteiger partial charge in [-0.05, 0) is 37.0 Å². The Morgan fingerprint density at radius 3 is 2.57 bits per heavy atom. The third kappa shape index (κ3) is 3.78. The van der Waals surface area contributed by atoms with E-state index in [1.54, 1.807) is 11.4 Å². The number of fused-ring (bicyclic) bond motifs is 2. The summed E-state index contributed by atoms with van der Waals surface area (Å²) in [7, 11) is -1.32. The Kier molecular flexibility index (Phi) is 4.88. The van der Waals surface area contributed by atoms with Crippen molar-refractivity contribution in [2.45, 2.75) is 25.7 Å². The summed E-state index contributed by atoms with van der Waals surface area (Å²) in [6, 6.07) is 0. The van der Waals surface area contributed by atoms with E-state index < -0.39 is 10.0 Å². The SMILES string of the molecule is CN(CC1CC2CCC1C2)S(=O)(=O)CCN1CCNCC1. The highest BCUT2D eigenvalue weighted by Gasteiger charge is 2.40. The number of rotatable bonds is 6. The van der Waals surface area contributed by atoms with Crippen LogP contribution in [0.4, 0.5) is 0 Å². The van der Waals surface area contributed by atoms with Gasteiger partial charge in [-0.15, -0.1) is 0 Å². The molecule has 1 N–H and O–H groups in total. The molecule has 1 heterocycles. The lowest BCUT2D eigenvalue weighted by Crippen LogP contribution is -2.46. The maximum absolute atomic E-state index is 12.5. The maximum Gasteiger partial charge on any atom is 0.215 e. The van der Waals surface area contributed by atoms with Gasteiger partial charge in [0.05, 0.1) is 5.75 Å². The molecule has 3 rings (SSSR count). The average Bonchev–Trinajstić information content (AvgIpc) is 3.09. The van der Waals surface area contributed by atoms with Crippen LogP contribution in [0.15, 0.2) is 0 Å². The molecule has 3 unspecified atom stereocenters. The molecule has 3 aliphatic rings. The molecule has 6 heteroatoms. The molecule has 1 aliphatic heterocycles. The van der Waals surface area contributed by atoms with Crippen molar-refractivity contribution in [1.82, 2.24) is 14.5 Å². The lowest BCUT2D eigenvalue weighted by atomic mass is 9.89. The number of nitrogens with zero attached hydrogens (tertiary/aromatic N) is 2. The number of hydrogen-bond acceptors (Lipinski definition) is 4. The van der Waals surface area contributed by atoms with Crippen LogP contribution in [0.5, 0.6) is 0 Å². The summed E-state index contributed by atoms with van der Waals surface area (Å²) in [5.74, 6) is 2.56. The van der Waals surface area contributed by atoms with Crippen molar-refractivity contribution in [3.8, 4) is 0 Å². The van der Waals surface area contributed by atoms with Crippen molar-refractivity contribution < 1.29 is 8.42 Å². The normalized spacial score (nSPS) is 33.9. The first-order valence-corrected chi connectivity index (χ1v) is 10.0. The molecule has 0 radical (unpaired) electrons. The third-order valence-electron chi connectivity index (χ3n) is 5.73. The second-order valence-corrected chi connectivity index (χ2v) is 9.32. The Hall–Kier alpha value is -0.170. The van der Waals surface area contributed by atoms with Gasteiger partial charge in [0.25, 0.3) is 0 Å². The summed E-state index contributed by atoms with van der Waals surface area (Å²) in [6.07, 6.45) is 5.30. The summed E-state index contributed by atoms with van der Waals surface area (Å²) >= 11 is 0. The first kappa shape index (κ1) is 15.7. The molecule has 1 saturated heterocycles. The monoisotopic (exact) mass is 315 g/mol. The van der Waals surface area contributed by atoms with Gasteiger partial charge in [0.1, 0.15) is 0 Å². The molecular weight excluding hydrogens is 286 g/mol. The minimum atomic E-state index is -3.09. The predicted molar refractivity (Wildman–Crippen MR) is 84.7 cm³/mol. The van der Waals surface area contributed by atoms with Gasteiger partial charge in [-0.3, -0.25) is 4.90 Å². The molecule has 3 fully saturated rings. The third-order valence-corrected chi connectivity index (χ3v) is 7.52. The van der Waals surface area contributed by atoms with E-state index in [0.29, 0.717) is 12.5 Å². The Labute approximate surface area is 129 Å². The highest BCUT2D eigenvalue weighted by Crippen LogP contribution is 2.48. The van der Waals surface area contributed by atoms with Crippen LogP contribution >= 0.6 is 0 Å². The van der Waals surface area contributed by atoms with Crippen LogP contribution in [0, 0.1) is 17.8 Å². The number of nitrogens with one attached hydrogen (secondary N) is 1. The van der Waals surface area contributed by atoms with Crippen molar-refractivity contribution in [2.75, 3.05) is 52.1 Å². The van der Waals surface area contributed by atoms with Crippen molar-refractivity contribution >= 4 is 10.0 Å². The average molecular weight is 315 g/mol. The molecule has 3 atom stereocenters. The quantitative estimate of drug-likeness (QED) is 0.779. The van der Waals surface area contributed by atoms with Crippen molar-refractivity contribution in [3.63, 3.8) is 0 Å². The van der Waals surface area contributed by atoms with Crippen molar-refractivity contribution in [1.29, 1.82) is 0 Å². The van der Waals surface area contributed by atoms with Gasteiger partial charge in [0.15, 0.2) is 0 Å². The highest BCUT2D eigenvalue weighted by molar-refractivity contribution is 7.89. The molecule has 2 aliphatic carbocycles. The Bertz CT molecular complexity index is 448. The molecule has 5 nitrogen and oxygen atoms in total. The molecule has 21 heavy (non-hydrogen) atoms. The number of hydrogen-bond donors (Lipinski definition) is 1. The lowest BCUT2D eigenvalue weighted by molar-refractivity contribution is 0.250. The summed E-state index contributed by atoms with van der Waals surface area (Å²) < 4.78 is 26.5. The fourth-order valence-corrected chi connectivity index (χ4v) is 5.60. The van der Waals surface area contributed by atoms with Gasteiger partial charge >= 0.3 is 0 Å². The van der Waals surface area contributed by atoms with E-state index in [4.69, 9.17) is 0 Å². The molecule has 122 valence electrons. The van der Waals surface area contributed by atoms with Gasteiger partial charge in [-0.2, -0.15) is 0 Å². The highest BCUT2D eigenvalue weighted by atomic mass is 32.2. The van der Waals surface area contributed by atoms with E-state index in [-0.39, 0.29) is 5.75 Å². The van der Waals surface area contributed by atoms with Crippen LogP contribution in [-0.4, -0.2) is 69.7 Å². The Morgan fingerprint density at radius 1 is 1.19 bits per heavy atom. The molecule has 0 amide bonds. The van der Waals surface area contributed by atoms with Crippen LogP contribution in [0.2, 0.25) is 0 Å². The molecule has 2 saturated carbocycles. The van der Waals surface area contributed by atoms with Crippen LogP contribution in [0.1, 0.15) is 25.7 Å². The summed E-state index contributed by atoms with van der Waals surface area (Å²) in [5, 5.41) is 3.30. The van der Waals surface area contributed by atoms with E-state index in [9.17, 15) is 8.42 Å². The van der Waals surface area contributed by atoms with Crippen LogP contribution in [0.3, 0.4) is 0 Å². The molecule has 0 aromatic heterocycles. The largest absolute Gasteiger partial charge is 0.314 e. The van der Waals surface area contributed by atoms with Gasteiger partial charge in [-0.25, -0.2) is 12.7 Å². The van der Waals surface area contributed by atoms with Crippen LogP contribution < -0.4 is 5.32 Å². The zero-order valence-electron chi connectivity index (χ0n) is 13.1. The number of sulfonamides is 1. The van der Waals surface area contributed by atoms with E-state index in [1.807, 2.05) is 0 Å². The van der Waals surface area contributed by atoms with Crippen LogP contribution in [-0.2, 0) is 10.0 Å². The second kappa shape index (κ2) is 6.52. The molecule has 2 bridgehead atoms. The lowest BCUT2D eigenvalue weighted by Gasteiger charge is -2.29. The minimum Gasteiger partial charge on any atom is -0.314 e. The van der Waals surface area contributed by atoms with Gasteiger partial charge < -0.3 is 5.32 Å². The smallest absolute Gasteiger partial charge is 0.215 e. The minimum absolute atomic E-state index is 0.268. The first-order valence-electron chi connectivity index (χ1n) is 8.41. The Morgan fingerprint density at radius 2 is 1.95 bits per heavy atom. The maximum atomic E-state index is 12.5. The summed E-state index contributed by atoms with van der Waals surface area (Å²) in [4.78, 5) is 2.25. The van der Waals surface area contributed by atoms with Crippen molar-refractivity contribution in [3.05, 3.63) is 0 Å². The van der Waals surface area contributed by atoms with E-state index in [2.05, 4.69) is 10.2 Å². The molecule has 0 spiro atoms.